The fourth-order valence-corrected chi connectivity index (χ4v) is 4.28. The zero-order valence-electron chi connectivity index (χ0n) is 20.0. The average Bonchev–Trinajstić information content (AvgIpc) is 3.46. The molecule has 3 aromatic rings. The Hall–Kier alpha value is -3.66. The second kappa shape index (κ2) is 12.3. The van der Waals surface area contributed by atoms with Crippen LogP contribution < -0.4 is 10.1 Å². The molecule has 0 aliphatic carbocycles. The van der Waals surface area contributed by atoms with E-state index in [2.05, 4.69) is 26.7 Å². The van der Waals surface area contributed by atoms with Crippen molar-refractivity contribution >= 4 is 17.2 Å². The minimum Gasteiger partial charge on any atom is -0.406 e. The third kappa shape index (κ3) is 7.94. The zero-order chi connectivity index (χ0) is 26.1. The van der Waals surface area contributed by atoms with Crippen LogP contribution in [0.5, 0.6) is 5.75 Å². The Labute approximate surface area is 211 Å². The largest absolute Gasteiger partial charge is 0.573 e. The van der Waals surface area contributed by atoms with Crippen molar-refractivity contribution in [3.63, 3.8) is 0 Å². The normalized spacial score (nSPS) is 12.2. The van der Waals surface area contributed by atoms with E-state index in [1.165, 1.54) is 23.5 Å². The molecule has 1 aromatic carbocycles. The smallest absolute Gasteiger partial charge is 0.406 e. The van der Waals surface area contributed by atoms with E-state index in [1.54, 1.807) is 36.0 Å². The van der Waals surface area contributed by atoms with E-state index in [0.29, 0.717) is 40.8 Å². The third-order valence-electron chi connectivity index (χ3n) is 5.01. The summed E-state index contributed by atoms with van der Waals surface area (Å²) >= 11 is 1.28. The summed E-state index contributed by atoms with van der Waals surface area (Å²) in [6.07, 6.45) is 6.01. The van der Waals surface area contributed by atoms with Crippen molar-refractivity contribution in [3.8, 4) is 16.5 Å². The standard InChI is InChI=1S/C26H27F3N4O2S/c1-4-6-8-20(7-5-2)17-30-24(34)23-18(3)31-25(36-23)22-14-16-33(32-22)15-13-19-9-11-21(12-10-19)35-26(27,28)29/h4,6-12,14,16H,1,5,13,15,17H2,2-3H3,(H,30,34)/b8-6-,20-7+. The number of amides is 1. The third-order valence-corrected chi connectivity index (χ3v) is 6.19. The number of hydrogen-bond donors (Lipinski definition) is 1. The van der Waals surface area contributed by atoms with Gasteiger partial charge < -0.3 is 10.1 Å². The van der Waals surface area contributed by atoms with Crippen LogP contribution in [0.4, 0.5) is 13.2 Å². The van der Waals surface area contributed by atoms with Crippen LogP contribution >= 0.6 is 11.3 Å². The number of benzene rings is 1. The van der Waals surface area contributed by atoms with Gasteiger partial charge in [0.25, 0.3) is 5.91 Å². The highest BCUT2D eigenvalue weighted by Gasteiger charge is 2.30. The van der Waals surface area contributed by atoms with Crippen molar-refractivity contribution in [1.82, 2.24) is 20.1 Å². The van der Waals surface area contributed by atoms with Crippen LogP contribution in [-0.2, 0) is 13.0 Å². The highest BCUT2D eigenvalue weighted by atomic mass is 32.1. The van der Waals surface area contributed by atoms with E-state index >= 15 is 0 Å². The monoisotopic (exact) mass is 516 g/mol. The van der Waals surface area contributed by atoms with E-state index in [0.717, 1.165) is 17.6 Å². The van der Waals surface area contributed by atoms with E-state index in [4.69, 9.17) is 0 Å². The molecule has 1 N–H and O–H groups in total. The number of carbonyl (C=O) groups excluding carboxylic acids is 1. The van der Waals surface area contributed by atoms with Crippen molar-refractivity contribution in [2.24, 2.45) is 0 Å². The minimum absolute atomic E-state index is 0.192. The number of nitrogens with zero attached hydrogens (tertiary/aromatic N) is 3. The molecule has 0 aliphatic rings. The maximum absolute atomic E-state index is 12.7. The van der Waals surface area contributed by atoms with E-state index in [9.17, 15) is 18.0 Å². The molecule has 0 aliphatic heterocycles. The maximum atomic E-state index is 12.7. The van der Waals surface area contributed by atoms with Gasteiger partial charge in [-0.25, -0.2) is 4.98 Å². The molecule has 0 saturated heterocycles. The summed E-state index contributed by atoms with van der Waals surface area (Å²) in [6, 6.07) is 7.59. The first-order valence-electron chi connectivity index (χ1n) is 11.3. The Bertz CT molecular complexity index is 1240. The molecule has 0 bridgehead atoms. The predicted octanol–water partition coefficient (Wildman–Crippen LogP) is 6.26. The summed E-state index contributed by atoms with van der Waals surface area (Å²) in [6.45, 7) is 8.42. The van der Waals surface area contributed by atoms with Crippen molar-refractivity contribution in [1.29, 1.82) is 0 Å². The molecule has 6 nitrogen and oxygen atoms in total. The minimum atomic E-state index is -4.71. The van der Waals surface area contributed by atoms with Crippen molar-refractivity contribution in [2.75, 3.05) is 6.54 Å². The average molecular weight is 517 g/mol. The predicted molar refractivity (Wildman–Crippen MR) is 135 cm³/mol. The van der Waals surface area contributed by atoms with Gasteiger partial charge in [0.2, 0.25) is 0 Å². The first-order valence-corrected chi connectivity index (χ1v) is 12.1. The maximum Gasteiger partial charge on any atom is 0.573 e. The summed E-state index contributed by atoms with van der Waals surface area (Å²) in [4.78, 5) is 17.8. The van der Waals surface area contributed by atoms with E-state index < -0.39 is 6.36 Å². The summed E-state index contributed by atoms with van der Waals surface area (Å²) in [5.74, 6) is -0.444. The van der Waals surface area contributed by atoms with Crippen molar-refractivity contribution < 1.29 is 22.7 Å². The van der Waals surface area contributed by atoms with Gasteiger partial charge in [0, 0.05) is 19.3 Å². The highest BCUT2D eigenvalue weighted by molar-refractivity contribution is 7.17. The second-order valence-electron chi connectivity index (χ2n) is 7.80. The molecule has 1 amide bonds. The molecule has 0 saturated carbocycles. The number of hydrogen-bond acceptors (Lipinski definition) is 5. The fourth-order valence-electron chi connectivity index (χ4n) is 3.33. The molecular weight excluding hydrogens is 489 g/mol. The summed E-state index contributed by atoms with van der Waals surface area (Å²) in [7, 11) is 0. The molecule has 0 spiro atoms. The topological polar surface area (TPSA) is 69.0 Å². The number of alkyl halides is 3. The molecule has 2 aromatic heterocycles. The van der Waals surface area contributed by atoms with Crippen LogP contribution in [0, 0.1) is 6.92 Å². The number of rotatable bonds is 11. The van der Waals surface area contributed by atoms with Gasteiger partial charge in [0.15, 0.2) is 0 Å². The number of nitrogens with one attached hydrogen (secondary N) is 1. The Morgan fingerprint density at radius 2 is 2.00 bits per heavy atom. The number of ether oxygens (including phenoxy) is 1. The van der Waals surface area contributed by atoms with Gasteiger partial charge in [-0.15, -0.1) is 24.5 Å². The summed E-state index contributed by atoms with van der Waals surface area (Å²) in [5, 5.41) is 8.12. The lowest BCUT2D eigenvalue weighted by Gasteiger charge is -2.09. The zero-order valence-corrected chi connectivity index (χ0v) is 20.8. The SMILES string of the molecule is C=C/C=C\C(=C/CC)CNC(=O)c1sc(-c2ccn(CCc3ccc(OC(F)(F)F)cc3)n2)nc1C. The summed E-state index contributed by atoms with van der Waals surface area (Å²) < 4.78 is 42.5. The van der Waals surface area contributed by atoms with Crippen LogP contribution in [0.25, 0.3) is 10.7 Å². The molecule has 2 heterocycles. The highest BCUT2D eigenvalue weighted by Crippen LogP contribution is 2.27. The number of aryl methyl sites for hydroxylation is 3. The quantitative estimate of drug-likeness (QED) is 0.305. The lowest BCUT2D eigenvalue weighted by Crippen LogP contribution is -2.25. The summed E-state index contributed by atoms with van der Waals surface area (Å²) in [5.41, 5.74) is 3.13. The van der Waals surface area contributed by atoms with Gasteiger partial charge in [0.1, 0.15) is 21.3 Å². The number of thiazole rings is 1. The molecule has 0 radical (unpaired) electrons. The molecule has 0 unspecified atom stereocenters. The Morgan fingerprint density at radius 1 is 1.25 bits per heavy atom. The first-order chi connectivity index (χ1) is 17.2. The van der Waals surface area contributed by atoms with Gasteiger partial charge in [-0.2, -0.15) is 5.10 Å². The fraction of sp³-hybridized carbons (Fsp3) is 0.269. The number of aromatic nitrogens is 3. The van der Waals surface area contributed by atoms with Crippen LogP contribution in [0.15, 0.2) is 73.0 Å². The molecule has 10 heteroatoms. The second-order valence-corrected chi connectivity index (χ2v) is 8.80. The van der Waals surface area contributed by atoms with Gasteiger partial charge >= 0.3 is 6.36 Å². The van der Waals surface area contributed by atoms with Crippen molar-refractivity contribution in [2.45, 2.75) is 39.6 Å². The van der Waals surface area contributed by atoms with Gasteiger partial charge in [-0.05, 0) is 49.1 Å². The van der Waals surface area contributed by atoms with Crippen LogP contribution in [-0.4, -0.2) is 33.6 Å². The Kier molecular flexibility index (Phi) is 9.24. The Morgan fingerprint density at radius 3 is 2.67 bits per heavy atom. The van der Waals surface area contributed by atoms with Crippen LogP contribution in [0.2, 0.25) is 0 Å². The lowest BCUT2D eigenvalue weighted by atomic mass is 10.1. The molecule has 190 valence electrons. The van der Waals surface area contributed by atoms with Gasteiger partial charge in [0.05, 0.1) is 5.69 Å². The van der Waals surface area contributed by atoms with Crippen LogP contribution in [0.1, 0.15) is 34.3 Å². The molecule has 0 fully saturated rings. The number of carbonyl (C=O) groups is 1. The van der Waals surface area contributed by atoms with Crippen molar-refractivity contribution in [3.05, 3.63) is 89.1 Å². The van der Waals surface area contributed by atoms with Crippen LogP contribution in [0.3, 0.4) is 0 Å². The van der Waals surface area contributed by atoms with E-state index in [-0.39, 0.29) is 11.7 Å². The Balaban J connectivity index is 1.60. The number of allylic oxidation sites excluding steroid dienone is 3. The molecular formula is C26H27F3N4O2S. The first kappa shape index (κ1) is 26.9. The number of halogens is 3. The molecule has 0 atom stereocenters. The van der Waals surface area contributed by atoms with E-state index in [1.807, 2.05) is 31.2 Å². The molecule has 3 rings (SSSR count). The molecule has 36 heavy (non-hydrogen) atoms. The lowest BCUT2D eigenvalue weighted by molar-refractivity contribution is -0.274. The van der Waals surface area contributed by atoms with Gasteiger partial charge in [-0.3, -0.25) is 9.48 Å². The van der Waals surface area contributed by atoms with Gasteiger partial charge in [-0.1, -0.05) is 49.9 Å².